The molecular weight excluding hydrogens is 382 g/mol. The number of aliphatic hydroxyl groups excluding tert-OH is 3. The zero-order valence-corrected chi connectivity index (χ0v) is 15.2. The van der Waals surface area contributed by atoms with E-state index in [4.69, 9.17) is 9.47 Å². The third-order valence-electron chi connectivity index (χ3n) is 4.71. The highest BCUT2D eigenvalue weighted by atomic mass is 32.3. The van der Waals surface area contributed by atoms with Crippen molar-refractivity contribution in [2.24, 2.45) is 0 Å². The molecule has 10 nitrogen and oxygen atoms in total. The first-order chi connectivity index (χ1) is 12.7. The highest BCUT2D eigenvalue weighted by molar-refractivity contribution is 7.80. The van der Waals surface area contributed by atoms with E-state index >= 15 is 0 Å². The average Bonchev–Trinajstić information content (AvgIpc) is 2.60. The fourth-order valence-corrected chi connectivity index (χ4v) is 3.89. The second-order valence-corrected chi connectivity index (χ2v) is 7.79. The van der Waals surface area contributed by atoms with Crippen molar-refractivity contribution in [1.29, 1.82) is 0 Å². The number of nitrogens with one attached hydrogen (secondary N) is 1. The van der Waals surface area contributed by atoms with E-state index in [0.29, 0.717) is 4.90 Å². The average molecular weight is 405 g/mol. The van der Waals surface area contributed by atoms with Gasteiger partial charge in [0.2, 0.25) is 10.4 Å². The molecule has 3 unspecified atom stereocenters. The van der Waals surface area contributed by atoms with Crippen LogP contribution in [0.15, 0.2) is 30.3 Å². The van der Waals surface area contributed by atoms with Crippen molar-refractivity contribution in [3.8, 4) is 0 Å². The Bertz CT molecular complexity index is 704. The van der Waals surface area contributed by atoms with Crippen LogP contribution in [-0.2, 0) is 24.1 Å². The topological polar surface area (TPSA) is 150 Å². The van der Waals surface area contributed by atoms with Gasteiger partial charge in [-0.3, -0.25) is 4.18 Å². The van der Waals surface area contributed by atoms with E-state index in [0.717, 1.165) is 5.56 Å². The fourth-order valence-electron chi connectivity index (χ4n) is 3.40. The summed E-state index contributed by atoms with van der Waals surface area (Å²) in [7, 11) is -4.97. The molecule has 152 valence electrons. The van der Waals surface area contributed by atoms with Crippen LogP contribution in [-0.4, -0.2) is 85.1 Å². The number of likely N-dealkylation sites (tertiary alicyclic amines) is 1. The maximum Gasteiger partial charge on any atom is 0.218 e. The first-order valence-corrected chi connectivity index (χ1v) is 9.90. The maximum absolute atomic E-state index is 11.0. The molecule has 0 aliphatic carbocycles. The molecule has 27 heavy (non-hydrogen) atoms. The van der Waals surface area contributed by atoms with Crippen LogP contribution in [0.1, 0.15) is 11.9 Å². The summed E-state index contributed by atoms with van der Waals surface area (Å²) in [5, 5.41) is 29.4. The second kappa shape index (κ2) is 8.47. The van der Waals surface area contributed by atoms with Crippen molar-refractivity contribution in [1.82, 2.24) is 0 Å². The van der Waals surface area contributed by atoms with Crippen molar-refractivity contribution >= 4 is 10.4 Å². The van der Waals surface area contributed by atoms with Gasteiger partial charge in [-0.05, 0) is 0 Å². The lowest BCUT2D eigenvalue weighted by Gasteiger charge is -2.40. The molecule has 2 aliphatic rings. The highest BCUT2D eigenvalue weighted by Gasteiger charge is 2.42. The Hall–Kier alpha value is -1.15. The van der Waals surface area contributed by atoms with Gasteiger partial charge in [0.15, 0.2) is 6.29 Å². The summed E-state index contributed by atoms with van der Waals surface area (Å²) in [6, 6.07) is 8.99. The Balaban J connectivity index is 1.73. The van der Waals surface area contributed by atoms with E-state index in [9.17, 15) is 28.3 Å². The number of benzene rings is 1. The number of quaternary nitrogens is 1. The quantitative estimate of drug-likeness (QED) is 0.295. The Labute approximate surface area is 156 Å². The summed E-state index contributed by atoms with van der Waals surface area (Å²) in [5.74, 6) is 0. The van der Waals surface area contributed by atoms with Gasteiger partial charge >= 0.3 is 0 Å². The standard InChI is InChI=1S/C16H23NO9S/c18-11-6-17(7-12(19)15(11)20)8-13-14(26-27(21,22)23)9-24-16(25-13)10-4-2-1-3-5-10/h1-5,11-16,18-20H,6-9H2,(H,21,22,23)/t11-,12+,13-,14+,15?,16?/m0/s1. The number of ether oxygens (including phenoxy) is 2. The second-order valence-electron chi connectivity index (χ2n) is 6.78. The molecule has 0 amide bonds. The molecule has 0 saturated carbocycles. The minimum atomic E-state index is -4.97. The predicted octanol–water partition coefficient (Wildman–Crippen LogP) is -3.07. The van der Waals surface area contributed by atoms with Crippen LogP contribution < -0.4 is 4.90 Å². The smallest absolute Gasteiger partial charge is 0.218 e. The Morgan fingerprint density at radius 3 is 2.37 bits per heavy atom. The van der Waals surface area contributed by atoms with Crippen LogP contribution in [0, 0.1) is 0 Å². The van der Waals surface area contributed by atoms with Gasteiger partial charge in [-0.2, -0.15) is 0 Å². The summed E-state index contributed by atoms with van der Waals surface area (Å²) in [5.41, 5.74) is 0.718. The van der Waals surface area contributed by atoms with Crippen molar-refractivity contribution in [2.75, 3.05) is 26.2 Å². The van der Waals surface area contributed by atoms with Crippen molar-refractivity contribution in [2.45, 2.75) is 36.8 Å². The van der Waals surface area contributed by atoms with E-state index in [-0.39, 0.29) is 26.2 Å². The Morgan fingerprint density at radius 1 is 1.15 bits per heavy atom. The van der Waals surface area contributed by atoms with Gasteiger partial charge in [0.1, 0.15) is 50.2 Å². The Kier molecular flexibility index (Phi) is 6.46. The minimum absolute atomic E-state index is 0.131. The van der Waals surface area contributed by atoms with Gasteiger partial charge in [0.05, 0.1) is 6.61 Å². The molecule has 0 spiro atoms. The van der Waals surface area contributed by atoms with Crippen LogP contribution in [0.2, 0.25) is 0 Å². The Morgan fingerprint density at radius 2 is 1.78 bits per heavy atom. The number of aliphatic hydroxyl groups is 3. The summed E-state index contributed by atoms with van der Waals surface area (Å²) in [4.78, 5) is 0.677. The summed E-state index contributed by atoms with van der Waals surface area (Å²) < 4.78 is 49.0. The predicted molar refractivity (Wildman–Crippen MR) is 88.2 cm³/mol. The van der Waals surface area contributed by atoms with Gasteiger partial charge in [0, 0.05) is 5.56 Å². The van der Waals surface area contributed by atoms with Crippen LogP contribution in [0.4, 0.5) is 0 Å². The van der Waals surface area contributed by atoms with E-state index in [1.165, 1.54) is 0 Å². The van der Waals surface area contributed by atoms with Gasteiger partial charge in [-0.15, -0.1) is 0 Å². The molecule has 2 saturated heterocycles. The largest absolute Gasteiger partial charge is 0.726 e. The zero-order chi connectivity index (χ0) is 19.6. The first-order valence-electron chi connectivity index (χ1n) is 8.57. The lowest BCUT2D eigenvalue weighted by molar-refractivity contribution is -0.917. The van der Waals surface area contributed by atoms with E-state index in [2.05, 4.69) is 4.18 Å². The lowest BCUT2D eigenvalue weighted by Crippen LogP contribution is -3.17. The first kappa shape index (κ1) is 20.6. The molecule has 3 rings (SSSR count). The van der Waals surface area contributed by atoms with E-state index in [1.54, 1.807) is 24.3 Å². The van der Waals surface area contributed by atoms with Crippen molar-refractivity contribution in [3.63, 3.8) is 0 Å². The molecule has 0 radical (unpaired) electrons. The van der Waals surface area contributed by atoms with Crippen LogP contribution in [0.25, 0.3) is 0 Å². The van der Waals surface area contributed by atoms with Gasteiger partial charge < -0.3 is 34.2 Å². The minimum Gasteiger partial charge on any atom is -0.726 e. The third-order valence-corrected chi connectivity index (χ3v) is 5.19. The SMILES string of the molecule is O=S(=O)([O-])O[C@@H]1COC(c2ccccc2)O[C@H]1C[NH+]1C[C@@H](O)C(O)[C@@H](O)C1. The molecule has 2 aliphatic heterocycles. The van der Waals surface area contributed by atoms with Crippen molar-refractivity contribution in [3.05, 3.63) is 35.9 Å². The maximum atomic E-state index is 11.0. The van der Waals surface area contributed by atoms with E-state index in [1.807, 2.05) is 6.07 Å². The number of piperidine rings is 1. The summed E-state index contributed by atoms with van der Waals surface area (Å²) >= 11 is 0. The molecule has 7 atom stereocenters. The molecule has 11 heteroatoms. The number of hydrogen-bond acceptors (Lipinski definition) is 9. The molecule has 0 aromatic heterocycles. The fraction of sp³-hybridized carbons (Fsp3) is 0.625. The zero-order valence-electron chi connectivity index (χ0n) is 14.4. The molecule has 2 fully saturated rings. The van der Waals surface area contributed by atoms with E-state index < -0.39 is 47.2 Å². The summed E-state index contributed by atoms with van der Waals surface area (Å²) in [6.45, 7) is 0.234. The van der Waals surface area contributed by atoms with Crippen LogP contribution >= 0.6 is 0 Å². The number of hydrogen-bond donors (Lipinski definition) is 4. The van der Waals surface area contributed by atoms with Gasteiger partial charge in [-0.1, -0.05) is 30.3 Å². The molecule has 4 N–H and O–H groups in total. The lowest BCUT2D eigenvalue weighted by atomic mass is 10.0. The van der Waals surface area contributed by atoms with Gasteiger partial charge in [-0.25, -0.2) is 8.42 Å². The summed E-state index contributed by atoms with van der Waals surface area (Å²) in [6.07, 6.45) is -6.25. The molecule has 1 aromatic rings. The van der Waals surface area contributed by atoms with Crippen LogP contribution in [0.5, 0.6) is 0 Å². The molecule has 2 heterocycles. The normalized spacial score (nSPS) is 37.9. The molecule has 0 bridgehead atoms. The monoisotopic (exact) mass is 405 g/mol. The van der Waals surface area contributed by atoms with Crippen LogP contribution in [0.3, 0.4) is 0 Å². The van der Waals surface area contributed by atoms with Crippen molar-refractivity contribution < 1.29 is 46.8 Å². The molecule has 1 aromatic carbocycles. The highest BCUT2D eigenvalue weighted by Crippen LogP contribution is 2.27. The molecular formula is C16H23NO9S. The third kappa shape index (κ3) is 5.44. The van der Waals surface area contributed by atoms with Gasteiger partial charge in [0.25, 0.3) is 0 Å². The number of rotatable bonds is 5.